The Labute approximate surface area is 160 Å². The van der Waals surface area contributed by atoms with Crippen molar-refractivity contribution in [2.75, 3.05) is 13.1 Å². The average Bonchev–Trinajstić information content (AvgIpc) is 2.87. The van der Waals surface area contributed by atoms with E-state index in [4.69, 9.17) is 0 Å². The zero-order chi connectivity index (χ0) is 19.6. The van der Waals surface area contributed by atoms with Gasteiger partial charge in [0.25, 0.3) is 5.91 Å². The Bertz CT molecular complexity index is 742. The fourth-order valence-electron chi connectivity index (χ4n) is 4.41. The number of aryl methyl sites for hydroxylation is 1. The van der Waals surface area contributed by atoms with Gasteiger partial charge in [-0.15, -0.1) is 0 Å². The SMILES string of the molecule is CCN(C(=O)CN1C(=O)NC(C)(c2ccccc2C)C1=O)C1CCCCC1. The number of hydrogen-bond donors (Lipinski definition) is 1. The molecule has 1 unspecified atom stereocenters. The Morgan fingerprint density at radius 3 is 2.52 bits per heavy atom. The Kier molecular flexibility index (Phi) is 5.53. The molecule has 3 rings (SSSR count). The van der Waals surface area contributed by atoms with E-state index in [0.29, 0.717) is 6.54 Å². The molecule has 1 saturated heterocycles. The number of likely N-dealkylation sites (N-methyl/N-ethyl adjacent to an activating group) is 1. The second-order valence-electron chi connectivity index (χ2n) is 7.73. The van der Waals surface area contributed by atoms with E-state index in [1.807, 2.05) is 43.0 Å². The van der Waals surface area contributed by atoms with Gasteiger partial charge in [0, 0.05) is 12.6 Å². The predicted molar refractivity (Wildman–Crippen MR) is 103 cm³/mol. The van der Waals surface area contributed by atoms with Crippen LogP contribution in [-0.2, 0) is 15.1 Å². The number of carbonyl (C=O) groups is 3. The monoisotopic (exact) mass is 371 g/mol. The van der Waals surface area contributed by atoms with Crippen molar-refractivity contribution < 1.29 is 14.4 Å². The first-order valence-electron chi connectivity index (χ1n) is 9.88. The third-order valence-corrected chi connectivity index (χ3v) is 5.93. The summed E-state index contributed by atoms with van der Waals surface area (Å²) in [5.74, 6) is -0.517. The Hall–Kier alpha value is -2.37. The topological polar surface area (TPSA) is 69.7 Å². The van der Waals surface area contributed by atoms with Gasteiger partial charge in [-0.05, 0) is 44.7 Å². The van der Waals surface area contributed by atoms with Crippen LogP contribution in [0.5, 0.6) is 0 Å². The molecule has 1 aliphatic heterocycles. The molecule has 0 spiro atoms. The first-order valence-corrected chi connectivity index (χ1v) is 9.88. The molecule has 0 aromatic heterocycles. The van der Waals surface area contributed by atoms with E-state index in [2.05, 4.69) is 5.32 Å². The summed E-state index contributed by atoms with van der Waals surface area (Å²) < 4.78 is 0. The Morgan fingerprint density at radius 1 is 1.22 bits per heavy atom. The van der Waals surface area contributed by atoms with Gasteiger partial charge in [-0.25, -0.2) is 4.79 Å². The largest absolute Gasteiger partial charge is 0.338 e. The molecular weight excluding hydrogens is 342 g/mol. The molecule has 1 aliphatic carbocycles. The highest BCUT2D eigenvalue weighted by atomic mass is 16.2. The van der Waals surface area contributed by atoms with Crippen LogP contribution >= 0.6 is 0 Å². The summed E-state index contributed by atoms with van der Waals surface area (Å²) >= 11 is 0. The minimum absolute atomic E-state index is 0.151. The number of imide groups is 1. The Balaban J connectivity index is 1.77. The van der Waals surface area contributed by atoms with Crippen LogP contribution < -0.4 is 5.32 Å². The fourth-order valence-corrected chi connectivity index (χ4v) is 4.41. The van der Waals surface area contributed by atoms with Crippen molar-refractivity contribution in [1.29, 1.82) is 0 Å². The number of benzene rings is 1. The van der Waals surface area contributed by atoms with Crippen molar-refractivity contribution in [3.63, 3.8) is 0 Å². The number of nitrogens with one attached hydrogen (secondary N) is 1. The summed E-state index contributed by atoms with van der Waals surface area (Å²) in [5.41, 5.74) is 0.557. The molecule has 1 saturated carbocycles. The van der Waals surface area contributed by atoms with Crippen LogP contribution in [-0.4, -0.2) is 46.8 Å². The van der Waals surface area contributed by atoms with E-state index in [1.165, 1.54) is 6.42 Å². The van der Waals surface area contributed by atoms with Gasteiger partial charge in [-0.2, -0.15) is 0 Å². The summed E-state index contributed by atoms with van der Waals surface area (Å²) in [5, 5.41) is 2.80. The molecule has 1 aromatic carbocycles. The van der Waals surface area contributed by atoms with Gasteiger partial charge in [-0.3, -0.25) is 14.5 Å². The number of urea groups is 1. The molecule has 1 N–H and O–H groups in total. The Morgan fingerprint density at radius 2 is 1.89 bits per heavy atom. The highest BCUT2D eigenvalue weighted by Gasteiger charge is 2.50. The van der Waals surface area contributed by atoms with E-state index in [-0.39, 0.29) is 24.4 Å². The van der Waals surface area contributed by atoms with Gasteiger partial charge in [0.05, 0.1) is 0 Å². The van der Waals surface area contributed by atoms with Gasteiger partial charge in [0.15, 0.2) is 0 Å². The van der Waals surface area contributed by atoms with Crippen molar-refractivity contribution in [1.82, 2.24) is 15.1 Å². The molecule has 2 aliphatic rings. The predicted octanol–water partition coefficient (Wildman–Crippen LogP) is 2.94. The van der Waals surface area contributed by atoms with Gasteiger partial charge in [0.2, 0.25) is 5.91 Å². The van der Waals surface area contributed by atoms with Crippen LogP contribution in [0.4, 0.5) is 4.79 Å². The van der Waals surface area contributed by atoms with Crippen LogP contribution in [0.2, 0.25) is 0 Å². The standard InChI is InChI=1S/C21H29N3O3/c1-4-23(16-11-6-5-7-12-16)18(25)14-24-19(26)21(3,22-20(24)27)17-13-9-8-10-15(17)2/h8-10,13,16H,4-7,11-12,14H2,1-3H3,(H,22,27). The van der Waals surface area contributed by atoms with Gasteiger partial charge in [0.1, 0.15) is 12.1 Å². The lowest BCUT2D eigenvalue weighted by Crippen LogP contribution is -2.48. The van der Waals surface area contributed by atoms with Crippen LogP contribution in [0.25, 0.3) is 0 Å². The summed E-state index contributed by atoms with van der Waals surface area (Å²) in [7, 11) is 0. The third-order valence-electron chi connectivity index (χ3n) is 5.93. The van der Waals surface area contributed by atoms with Gasteiger partial charge < -0.3 is 10.2 Å². The van der Waals surface area contributed by atoms with E-state index < -0.39 is 11.6 Å². The number of nitrogens with zero attached hydrogens (tertiary/aromatic N) is 2. The number of amides is 4. The molecule has 1 heterocycles. The maximum atomic E-state index is 13.1. The smallest absolute Gasteiger partial charge is 0.325 e. The van der Waals surface area contributed by atoms with Crippen molar-refractivity contribution in [3.05, 3.63) is 35.4 Å². The van der Waals surface area contributed by atoms with E-state index in [0.717, 1.165) is 41.7 Å². The third kappa shape index (κ3) is 3.57. The number of carbonyl (C=O) groups excluding carboxylic acids is 3. The van der Waals surface area contributed by atoms with Gasteiger partial charge >= 0.3 is 6.03 Å². The highest BCUT2D eigenvalue weighted by Crippen LogP contribution is 2.31. The second-order valence-corrected chi connectivity index (χ2v) is 7.73. The van der Waals surface area contributed by atoms with Crippen LogP contribution in [0.15, 0.2) is 24.3 Å². The zero-order valence-corrected chi connectivity index (χ0v) is 16.5. The first-order chi connectivity index (χ1) is 12.9. The molecule has 27 heavy (non-hydrogen) atoms. The maximum absolute atomic E-state index is 13.1. The van der Waals surface area contributed by atoms with E-state index in [9.17, 15) is 14.4 Å². The summed E-state index contributed by atoms with van der Waals surface area (Å²) in [6, 6.07) is 7.23. The van der Waals surface area contributed by atoms with Crippen LogP contribution in [0.3, 0.4) is 0 Å². The maximum Gasteiger partial charge on any atom is 0.325 e. The summed E-state index contributed by atoms with van der Waals surface area (Å²) in [4.78, 5) is 41.4. The summed E-state index contributed by atoms with van der Waals surface area (Å²) in [6.07, 6.45) is 5.47. The molecule has 6 nitrogen and oxygen atoms in total. The van der Waals surface area contributed by atoms with Crippen molar-refractivity contribution in [2.24, 2.45) is 0 Å². The minimum atomic E-state index is -1.13. The van der Waals surface area contributed by atoms with Gasteiger partial charge in [-0.1, -0.05) is 43.5 Å². The molecule has 1 aromatic rings. The number of hydrogen-bond acceptors (Lipinski definition) is 3. The van der Waals surface area contributed by atoms with E-state index >= 15 is 0 Å². The highest BCUT2D eigenvalue weighted by molar-refractivity contribution is 6.09. The molecule has 2 fully saturated rings. The lowest BCUT2D eigenvalue weighted by atomic mass is 9.88. The van der Waals surface area contributed by atoms with Crippen molar-refractivity contribution in [3.8, 4) is 0 Å². The average molecular weight is 371 g/mol. The molecule has 0 bridgehead atoms. The summed E-state index contributed by atoms with van der Waals surface area (Å²) in [6.45, 7) is 5.98. The minimum Gasteiger partial charge on any atom is -0.338 e. The molecule has 1 atom stereocenters. The van der Waals surface area contributed by atoms with Crippen LogP contribution in [0, 0.1) is 6.92 Å². The fraction of sp³-hybridized carbons (Fsp3) is 0.571. The zero-order valence-electron chi connectivity index (χ0n) is 16.5. The van der Waals surface area contributed by atoms with Crippen molar-refractivity contribution >= 4 is 17.8 Å². The quantitative estimate of drug-likeness (QED) is 0.809. The molecular formula is C21H29N3O3. The molecule has 6 heteroatoms. The lowest BCUT2D eigenvalue weighted by molar-refractivity contribution is -0.140. The molecule has 4 amide bonds. The first kappa shape index (κ1) is 19.4. The lowest BCUT2D eigenvalue weighted by Gasteiger charge is -2.34. The normalized spacial score (nSPS) is 23.4. The molecule has 146 valence electrons. The van der Waals surface area contributed by atoms with Crippen LogP contribution in [0.1, 0.15) is 57.1 Å². The molecule has 0 radical (unpaired) electrons. The van der Waals surface area contributed by atoms with Crippen molar-refractivity contribution in [2.45, 2.75) is 64.5 Å². The number of rotatable bonds is 5. The van der Waals surface area contributed by atoms with E-state index in [1.54, 1.807) is 6.92 Å². The second kappa shape index (κ2) is 7.71.